The number of carbonyl (C=O) groups is 1. The Morgan fingerprint density at radius 3 is 1.84 bits per heavy atom. The number of carbonyl (C=O) groups excluding carboxylic acids is 1. The number of alkyl carbamates (subject to hydrolysis) is 1. The molecule has 31 heavy (non-hydrogen) atoms. The molecular weight excluding hydrogens is 390 g/mol. The number of hydrogen-bond donors (Lipinski definition) is 3. The Balaban J connectivity index is 1.44. The first kappa shape index (κ1) is 20.9. The van der Waals surface area contributed by atoms with E-state index in [0.717, 1.165) is 11.3 Å². The molecule has 6 heteroatoms. The monoisotopic (exact) mass is 417 g/mol. The van der Waals surface area contributed by atoms with E-state index in [1.165, 1.54) is 18.2 Å². The molecule has 2 atom stereocenters. The van der Waals surface area contributed by atoms with Crippen LogP contribution < -0.4 is 20.7 Å². The lowest BCUT2D eigenvalue weighted by Crippen LogP contribution is -2.22. The van der Waals surface area contributed by atoms with Gasteiger partial charge in [-0.15, -0.1) is 0 Å². The number of amides is 1. The maximum atomic E-state index is 11.1. The fourth-order valence-electron chi connectivity index (χ4n) is 3.81. The van der Waals surface area contributed by atoms with E-state index >= 15 is 0 Å². The van der Waals surface area contributed by atoms with Crippen LogP contribution in [0.1, 0.15) is 34.9 Å². The normalized spacial score (nSPS) is 20.2. The van der Waals surface area contributed by atoms with Crippen LogP contribution >= 0.6 is 0 Å². The summed E-state index contributed by atoms with van der Waals surface area (Å²) in [5.41, 5.74) is 3.64. The van der Waals surface area contributed by atoms with Crippen molar-refractivity contribution in [2.24, 2.45) is 0 Å². The van der Waals surface area contributed by atoms with E-state index in [0.29, 0.717) is 6.61 Å². The fraction of sp³-hybridized carbons (Fsp3) is 0.240. The van der Waals surface area contributed by atoms with Crippen LogP contribution in [0.2, 0.25) is 0 Å². The minimum atomic E-state index is -0.460. The molecule has 0 saturated carbocycles. The Morgan fingerprint density at radius 1 is 0.774 bits per heavy atom. The van der Waals surface area contributed by atoms with Crippen LogP contribution in [0.3, 0.4) is 0 Å². The molecular formula is C25H27N3O3. The van der Waals surface area contributed by atoms with Gasteiger partial charge in [0, 0.05) is 7.05 Å². The lowest BCUT2D eigenvalue weighted by atomic mass is 9.95. The maximum Gasteiger partial charge on any atom is 0.406 e. The van der Waals surface area contributed by atoms with Crippen molar-refractivity contribution in [2.75, 3.05) is 20.3 Å². The molecule has 4 rings (SSSR count). The van der Waals surface area contributed by atoms with Gasteiger partial charge in [-0.05, 0) is 28.8 Å². The molecule has 3 aromatic carbocycles. The van der Waals surface area contributed by atoms with Gasteiger partial charge < -0.3 is 14.8 Å². The van der Waals surface area contributed by atoms with Crippen LogP contribution in [0.5, 0.6) is 5.75 Å². The van der Waals surface area contributed by atoms with E-state index in [1.807, 2.05) is 24.3 Å². The Labute approximate surface area is 182 Å². The highest BCUT2D eigenvalue weighted by Crippen LogP contribution is 2.37. The van der Waals surface area contributed by atoms with E-state index < -0.39 is 6.09 Å². The quantitative estimate of drug-likeness (QED) is 0.505. The van der Waals surface area contributed by atoms with Gasteiger partial charge in [-0.1, -0.05) is 72.8 Å². The molecule has 1 aliphatic rings. The van der Waals surface area contributed by atoms with E-state index in [1.54, 1.807) is 0 Å². The lowest BCUT2D eigenvalue weighted by molar-refractivity contribution is 0.127. The van der Waals surface area contributed by atoms with E-state index in [9.17, 15) is 4.79 Å². The van der Waals surface area contributed by atoms with E-state index in [2.05, 4.69) is 76.6 Å². The summed E-state index contributed by atoms with van der Waals surface area (Å²) < 4.78 is 10.6. The average molecular weight is 418 g/mol. The van der Waals surface area contributed by atoms with Crippen molar-refractivity contribution < 1.29 is 14.3 Å². The predicted molar refractivity (Wildman–Crippen MR) is 120 cm³/mol. The number of hydrogen-bond acceptors (Lipinski definition) is 5. The Morgan fingerprint density at radius 2 is 1.32 bits per heavy atom. The first-order valence-electron chi connectivity index (χ1n) is 10.4. The minimum absolute atomic E-state index is 0.0149. The van der Waals surface area contributed by atoms with E-state index in [-0.39, 0.29) is 24.9 Å². The van der Waals surface area contributed by atoms with Crippen LogP contribution in [-0.2, 0) is 4.74 Å². The summed E-state index contributed by atoms with van der Waals surface area (Å²) in [5, 5.41) is 9.90. The Kier molecular flexibility index (Phi) is 6.82. The molecule has 160 valence electrons. The third-order valence-electron chi connectivity index (χ3n) is 5.35. The third-order valence-corrected chi connectivity index (χ3v) is 5.35. The first-order valence-corrected chi connectivity index (χ1v) is 10.4. The molecule has 3 aromatic rings. The van der Waals surface area contributed by atoms with E-state index in [4.69, 9.17) is 9.47 Å². The van der Waals surface area contributed by atoms with Crippen molar-refractivity contribution in [1.82, 2.24) is 16.0 Å². The smallest absolute Gasteiger partial charge is 0.406 e. The molecule has 0 aromatic heterocycles. The van der Waals surface area contributed by atoms with Crippen molar-refractivity contribution in [2.45, 2.75) is 18.2 Å². The van der Waals surface area contributed by atoms with Crippen LogP contribution in [0.15, 0.2) is 84.9 Å². The SMILES string of the molecule is CNC(=O)OCCOc1ccc(C2NC(c3ccccc3)C(c3ccccc3)N2)cc1. The van der Waals surface area contributed by atoms with Gasteiger partial charge in [0.25, 0.3) is 0 Å². The molecule has 1 heterocycles. The molecule has 0 radical (unpaired) electrons. The number of nitrogens with one attached hydrogen (secondary N) is 3. The molecule has 0 spiro atoms. The van der Waals surface area contributed by atoms with Gasteiger partial charge in [0.15, 0.2) is 0 Å². The summed E-state index contributed by atoms with van der Waals surface area (Å²) in [6.45, 7) is 0.504. The van der Waals surface area contributed by atoms with Crippen LogP contribution in [-0.4, -0.2) is 26.4 Å². The zero-order valence-electron chi connectivity index (χ0n) is 17.5. The molecule has 0 bridgehead atoms. The summed E-state index contributed by atoms with van der Waals surface area (Å²) in [5.74, 6) is 0.737. The summed E-state index contributed by atoms with van der Waals surface area (Å²) in [4.78, 5) is 11.1. The molecule has 3 N–H and O–H groups in total. The largest absolute Gasteiger partial charge is 0.490 e. The highest BCUT2D eigenvalue weighted by molar-refractivity contribution is 5.66. The number of benzene rings is 3. The second kappa shape index (κ2) is 10.1. The topological polar surface area (TPSA) is 71.6 Å². The fourth-order valence-corrected chi connectivity index (χ4v) is 3.81. The van der Waals surface area contributed by atoms with Crippen LogP contribution in [0.25, 0.3) is 0 Å². The molecule has 0 aliphatic carbocycles. The van der Waals surface area contributed by atoms with Crippen molar-refractivity contribution in [1.29, 1.82) is 0 Å². The van der Waals surface area contributed by atoms with Crippen molar-refractivity contribution in [3.8, 4) is 5.75 Å². The number of rotatable bonds is 7. The standard InChI is InChI=1S/C25H27N3O3/c1-26-25(29)31-17-16-30-21-14-12-20(13-15-21)24-27-22(18-8-4-2-5-9-18)23(28-24)19-10-6-3-7-11-19/h2-15,22-24,27-28H,16-17H2,1H3,(H,26,29). The maximum absolute atomic E-state index is 11.1. The second-order valence-corrected chi connectivity index (χ2v) is 7.35. The first-order chi connectivity index (χ1) is 15.2. The summed E-state index contributed by atoms with van der Waals surface area (Å²) in [6.07, 6.45) is -0.445. The summed E-state index contributed by atoms with van der Waals surface area (Å²) >= 11 is 0. The zero-order chi connectivity index (χ0) is 21.5. The third kappa shape index (κ3) is 5.23. The van der Waals surface area contributed by atoms with Gasteiger partial charge in [0.05, 0.1) is 18.2 Å². The minimum Gasteiger partial charge on any atom is -0.490 e. The lowest BCUT2D eigenvalue weighted by Gasteiger charge is -2.19. The molecule has 6 nitrogen and oxygen atoms in total. The molecule has 1 saturated heterocycles. The Hall–Kier alpha value is -3.35. The van der Waals surface area contributed by atoms with Gasteiger partial charge >= 0.3 is 6.09 Å². The molecule has 1 amide bonds. The summed E-state index contributed by atoms with van der Waals surface area (Å²) in [7, 11) is 1.53. The molecule has 1 aliphatic heterocycles. The highest BCUT2D eigenvalue weighted by Gasteiger charge is 2.35. The van der Waals surface area contributed by atoms with Crippen LogP contribution in [0.4, 0.5) is 4.79 Å². The van der Waals surface area contributed by atoms with Crippen LogP contribution in [0, 0.1) is 0 Å². The molecule has 1 fully saturated rings. The van der Waals surface area contributed by atoms with Crippen molar-refractivity contribution in [3.05, 3.63) is 102 Å². The molecule has 2 unspecified atom stereocenters. The predicted octanol–water partition coefficient (Wildman–Crippen LogP) is 4.10. The number of ether oxygens (including phenoxy) is 2. The van der Waals surface area contributed by atoms with Gasteiger partial charge in [-0.2, -0.15) is 0 Å². The average Bonchev–Trinajstić information content (AvgIpc) is 3.29. The van der Waals surface area contributed by atoms with Gasteiger partial charge in [0.2, 0.25) is 0 Å². The zero-order valence-corrected chi connectivity index (χ0v) is 17.5. The van der Waals surface area contributed by atoms with Gasteiger partial charge in [-0.25, -0.2) is 4.79 Å². The Bertz CT molecular complexity index is 917. The van der Waals surface area contributed by atoms with Gasteiger partial charge in [0.1, 0.15) is 19.0 Å². The summed E-state index contributed by atoms with van der Waals surface area (Å²) in [6, 6.07) is 29.3. The van der Waals surface area contributed by atoms with Crippen molar-refractivity contribution in [3.63, 3.8) is 0 Å². The van der Waals surface area contributed by atoms with Crippen molar-refractivity contribution >= 4 is 6.09 Å². The van der Waals surface area contributed by atoms with Gasteiger partial charge in [-0.3, -0.25) is 10.6 Å². The highest BCUT2D eigenvalue weighted by atomic mass is 16.6. The second-order valence-electron chi connectivity index (χ2n) is 7.35.